The summed E-state index contributed by atoms with van der Waals surface area (Å²) in [6.07, 6.45) is 0. The van der Waals surface area contributed by atoms with Gasteiger partial charge in [-0.25, -0.2) is 9.78 Å². The third-order valence-corrected chi connectivity index (χ3v) is 5.01. The van der Waals surface area contributed by atoms with Crippen LogP contribution in [0.3, 0.4) is 0 Å². The number of rotatable bonds is 7. The van der Waals surface area contributed by atoms with Crippen molar-refractivity contribution in [3.8, 4) is 11.5 Å². The van der Waals surface area contributed by atoms with E-state index in [9.17, 15) is 14.8 Å². The first kappa shape index (κ1) is 21.8. The van der Waals surface area contributed by atoms with Gasteiger partial charge in [0.05, 0.1) is 19.8 Å². The predicted molar refractivity (Wildman–Crippen MR) is 119 cm³/mol. The molecule has 0 amide bonds. The smallest absolute Gasteiger partial charge is 0.338 e. The van der Waals surface area contributed by atoms with Gasteiger partial charge in [0.15, 0.2) is 5.69 Å². The molecule has 0 fully saturated rings. The van der Waals surface area contributed by atoms with Gasteiger partial charge >= 0.3 is 5.97 Å². The molecule has 0 saturated heterocycles. The average Bonchev–Trinajstić information content (AvgIpc) is 2.87. The van der Waals surface area contributed by atoms with Crippen LogP contribution in [0.25, 0.3) is 11.0 Å². The van der Waals surface area contributed by atoms with Gasteiger partial charge in [-0.3, -0.25) is 4.79 Å². The van der Waals surface area contributed by atoms with Crippen LogP contribution in [-0.4, -0.2) is 31.0 Å². The third-order valence-electron chi connectivity index (χ3n) is 5.01. The highest BCUT2D eigenvalue weighted by Crippen LogP contribution is 2.23. The number of methoxy groups -OCH3 is 2. The summed E-state index contributed by atoms with van der Waals surface area (Å²) in [6.45, 7) is -0.376. The molecule has 0 saturated carbocycles. The van der Waals surface area contributed by atoms with Gasteiger partial charge < -0.3 is 19.4 Å². The van der Waals surface area contributed by atoms with Crippen molar-refractivity contribution in [1.29, 1.82) is 0 Å². The van der Waals surface area contributed by atoms with Gasteiger partial charge in [0, 0.05) is 17.7 Å². The number of nitrogens with zero attached hydrogens (tertiary/aromatic N) is 2. The van der Waals surface area contributed by atoms with Crippen molar-refractivity contribution < 1.29 is 28.5 Å². The molecule has 0 N–H and O–H groups in total. The molecule has 1 heterocycles. The van der Waals surface area contributed by atoms with Crippen LogP contribution in [0, 0.1) is 5.21 Å². The fourth-order valence-corrected chi connectivity index (χ4v) is 3.36. The highest BCUT2D eigenvalue weighted by Gasteiger charge is 2.28. The molecule has 33 heavy (non-hydrogen) atoms. The molecular weight excluding hydrogens is 424 g/mol. The number of fused-ring (bicyclic) bond motifs is 1. The molecule has 4 aromatic rings. The Labute approximate surface area is 189 Å². The van der Waals surface area contributed by atoms with Crippen molar-refractivity contribution in [2.24, 2.45) is 0 Å². The van der Waals surface area contributed by atoms with Gasteiger partial charge in [-0.05, 0) is 18.2 Å². The fraction of sp³-hybridized carbons (Fsp3) is 0.120. The normalized spacial score (nSPS) is 10.6. The van der Waals surface area contributed by atoms with Gasteiger partial charge in [-0.2, -0.15) is 4.73 Å². The van der Waals surface area contributed by atoms with E-state index >= 15 is 0 Å². The second kappa shape index (κ2) is 9.35. The van der Waals surface area contributed by atoms with E-state index in [4.69, 9.17) is 14.2 Å². The minimum absolute atomic E-state index is 0.0563. The SMILES string of the molecule is COc1cc(OC)cc(C(=O)OCc2nc3ccccc3[n+]([O-])c2C(=O)c2ccccc2)c1. The predicted octanol–water partition coefficient (Wildman–Crippen LogP) is 3.47. The maximum Gasteiger partial charge on any atom is 0.338 e. The number of benzene rings is 3. The summed E-state index contributed by atoms with van der Waals surface area (Å²) in [5, 5.41) is 13.1. The summed E-state index contributed by atoms with van der Waals surface area (Å²) in [7, 11) is 2.94. The molecule has 8 nitrogen and oxygen atoms in total. The van der Waals surface area contributed by atoms with Crippen molar-refractivity contribution in [1.82, 2.24) is 4.98 Å². The Bertz CT molecular complexity index is 1320. The molecule has 0 bridgehead atoms. The van der Waals surface area contributed by atoms with E-state index in [-0.39, 0.29) is 29.1 Å². The second-order valence-corrected chi connectivity index (χ2v) is 7.06. The molecule has 1 aromatic heterocycles. The Balaban J connectivity index is 1.71. The van der Waals surface area contributed by atoms with Crippen LogP contribution in [0.4, 0.5) is 0 Å². The second-order valence-electron chi connectivity index (χ2n) is 7.06. The number of esters is 1. The molecule has 4 rings (SSSR count). The lowest BCUT2D eigenvalue weighted by atomic mass is 10.1. The van der Waals surface area contributed by atoms with Gasteiger partial charge in [-0.15, -0.1) is 0 Å². The number of hydrogen-bond acceptors (Lipinski definition) is 7. The van der Waals surface area contributed by atoms with Crippen molar-refractivity contribution in [3.63, 3.8) is 0 Å². The Morgan fingerprint density at radius 1 is 0.879 bits per heavy atom. The van der Waals surface area contributed by atoms with Crippen LogP contribution in [0.5, 0.6) is 11.5 Å². The Hall–Kier alpha value is -4.46. The molecule has 0 aliphatic carbocycles. The minimum Gasteiger partial charge on any atom is -0.618 e. The summed E-state index contributed by atoms with van der Waals surface area (Å²) < 4.78 is 16.3. The zero-order chi connectivity index (χ0) is 23.4. The van der Waals surface area contributed by atoms with Crippen molar-refractivity contribution in [2.45, 2.75) is 6.61 Å². The van der Waals surface area contributed by atoms with Crippen molar-refractivity contribution in [3.05, 3.63) is 101 Å². The lowest BCUT2D eigenvalue weighted by Gasteiger charge is -2.12. The molecule has 0 spiro atoms. The maximum absolute atomic E-state index is 13.2. The number of hydrogen-bond donors (Lipinski definition) is 0. The molecule has 0 unspecified atom stereocenters. The summed E-state index contributed by atoms with van der Waals surface area (Å²) >= 11 is 0. The lowest BCUT2D eigenvalue weighted by Crippen LogP contribution is -2.38. The van der Waals surface area contributed by atoms with Gasteiger partial charge in [-0.1, -0.05) is 42.5 Å². The molecular formula is C25H20N2O6. The molecule has 8 heteroatoms. The first-order valence-corrected chi connectivity index (χ1v) is 10.0. The highest BCUT2D eigenvalue weighted by atomic mass is 16.5. The van der Waals surface area contributed by atoms with E-state index in [0.29, 0.717) is 27.3 Å². The van der Waals surface area contributed by atoms with Crippen LogP contribution in [0.1, 0.15) is 32.1 Å². The minimum atomic E-state index is -0.683. The Kier molecular flexibility index (Phi) is 6.17. The lowest BCUT2D eigenvalue weighted by molar-refractivity contribution is -0.580. The van der Waals surface area contributed by atoms with Gasteiger partial charge in [0.1, 0.15) is 23.6 Å². The van der Waals surface area contributed by atoms with Crippen LogP contribution >= 0.6 is 0 Å². The summed E-state index contributed by atoms with van der Waals surface area (Å²) in [4.78, 5) is 30.3. The topological polar surface area (TPSA) is 102 Å². The fourth-order valence-electron chi connectivity index (χ4n) is 3.36. The number of carbonyl (C=O) groups is 2. The van der Waals surface area contributed by atoms with E-state index in [1.54, 1.807) is 60.7 Å². The van der Waals surface area contributed by atoms with E-state index in [1.807, 2.05) is 0 Å². The summed E-state index contributed by atoms with van der Waals surface area (Å²) in [5.74, 6) is -0.361. The monoisotopic (exact) mass is 444 g/mol. The van der Waals surface area contributed by atoms with Crippen LogP contribution < -0.4 is 14.2 Å². The Morgan fingerprint density at radius 2 is 1.52 bits per heavy atom. The van der Waals surface area contributed by atoms with Crippen LogP contribution in [0.15, 0.2) is 72.8 Å². The molecule has 0 atom stereocenters. The first-order chi connectivity index (χ1) is 16.0. The number of para-hydroxylation sites is 2. The standard InChI is InChI=1S/C25H20N2O6/c1-31-18-12-17(13-19(14-18)32-2)25(29)33-15-21-23(24(28)16-8-4-3-5-9-16)27(30)22-11-7-6-10-20(22)26-21/h3-14H,15H2,1-2H3. The van der Waals surface area contributed by atoms with E-state index in [1.165, 1.54) is 26.4 Å². The maximum atomic E-state index is 13.2. The zero-order valence-electron chi connectivity index (χ0n) is 18.0. The number of ether oxygens (including phenoxy) is 3. The molecule has 0 aliphatic heterocycles. The van der Waals surface area contributed by atoms with Crippen molar-refractivity contribution >= 4 is 22.8 Å². The molecule has 0 radical (unpaired) electrons. The number of aromatic nitrogens is 2. The van der Waals surface area contributed by atoms with Crippen LogP contribution in [0.2, 0.25) is 0 Å². The zero-order valence-corrected chi connectivity index (χ0v) is 18.0. The molecule has 3 aromatic carbocycles. The number of carbonyl (C=O) groups excluding carboxylic acids is 2. The average molecular weight is 444 g/mol. The Morgan fingerprint density at radius 3 is 2.18 bits per heavy atom. The summed E-state index contributed by atoms with van der Waals surface area (Å²) in [6, 6.07) is 19.7. The van der Waals surface area contributed by atoms with Crippen LogP contribution in [-0.2, 0) is 11.3 Å². The van der Waals surface area contributed by atoms with Crippen molar-refractivity contribution in [2.75, 3.05) is 14.2 Å². The third kappa shape index (κ3) is 4.45. The quantitative estimate of drug-likeness (QED) is 0.186. The highest BCUT2D eigenvalue weighted by molar-refractivity contribution is 6.07. The van der Waals surface area contributed by atoms with E-state index in [0.717, 1.165) is 0 Å². The molecule has 0 aliphatic rings. The largest absolute Gasteiger partial charge is 0.618 e. The number of ketones is 1. The summed E-state index contributed by atoms with van der Waals surface area (Å²) in [5.41, 5.74) is 0.995. The van der Waals surface area contributed by atoms with Gasteiger partial charge in [0.2, 0.25) is 5.52 Å². The van der Waals surface area contributed by atoms with E-state index < -0.39 is 11.8 Å². The molecule has 166 valence electrons. The first-order valence-electron chi connectivity index (χ1n) is 10.0. The van der Waals surface area contributed by atoms with E-state index in [2.05, 4.69) is 4.98 Å². The van der Waals surface area contributed by atoms with Gasteiger partial charge in [0.25, 0.3) is 11.5 Å².